The molecule has 0 aliphatic carbocycles. The second kappa shape index (κ2) is 6.29. The number of amides is 1. The normalized spacial score (nSPS) is 18.0. The van der Waals surface area contributed by atoms with Crippen LogP contribution in [0.3, 0.4) is 0 Å². The second-order valence-electron chi connectivity index (χ2n) is 5.45. The molecule has 0 bridgehead atoms. The topological polar surface area (TPSA) is 38.1 Å². The fraction of sp³-hybridized carbons (Fsp3) is 0.235. The lowest BCUT2D eigenvalue weighted by atomic mass is 10.1. The molecule has 1 aromatic heterocycles. The van der Waals surface area contributed by atoms with Gasteiger partial charge in [0.2, 0.25) is 0 Å². The van der Waals surface area contributed by atoms with Gasteiger partial charge in [0.1, 0.15) is 4.32 Å². The average Bonchev–Trinajstić information content (AvgIpc) is 3.01. The first-order valence-corrected chi connectivity index (χ1v) is 8.52. The first-order valence-electron chi connectivity index (χ1n) is 7.29. The van der Waals surface area contributed by atoms with E-state index in [1.807, 2.05) is 57.3 Å². The Balaban J connectivity index is 1.90. The third kappa shape index (κ3) is 2.96. The molecule has 1 atom stereocenters. The van der Waals surface area contributed by atoms with E-state index >= 15 is 0 Å². The van der Waals surface area contributed by atoms with Crippen LogP contribution in [0.1, 0.15) is 29.8 Å². The van der Waals surface area contributed by atoms with E-state index in [0.717, 1.165) is 16.8 Å². The molecular weight excluding hydrogens is 326 g/mol. The van der Waals surface area contributed by atoms with Crippen LogP contribution in [-0.4, -0.2) is 24.9 Å². The van der Waals surface area contributed by atoms with E-state index in [9.17, 15) is 4.79 Å². The summed E-state index contributed by atoms with van der Waals surface area (Å²) in [5, 5.41) is 4.21. The van der Waals surface area contributed by atoms with Gasteiger partial charge >= 0.3 is 0 Å². The Morgan fingerprint density at radius 2 is 2.00 bits per heavy atom. The molecule has 6 heteroatoms. The van der Waals surface area contributed by atoms with Crippen LogP contribution in [0.2, 0.25) is 0 Å². The average molecular weight is 343 g/mol. The number of hydrogen-bond acceptors (Lipinski definition) is 4. The highest BCUT2D eigenvalue weighted by Gasteiger charge is 2.36. The van der Waals surface area contributed by atoms with E-state index in [0.29, 0.717) is 9.23 Å². The van der Waals surface area contributed by atoms with Crippen molar-refractivity contribution in [2.75, 3.05) is 0 Å². The standard InChI is InChI=1S/C17H17N3OS2/c1-11-14(10-18-19(11)3)9-15-16(21)20(17(22)23-15)12(2)13-7-5-4-6-8-13/h4-10,12H,1-3H3/b15-9+/t12-/m1/s1. The molecule has 0 unspecified atom stereocenters. The summed E-state index contributed by atoms with van der Waals surface area (Å²) in [6, 6.07) is 9.85. The van der Waals surface area contributed by atoms with Crippen LogP contribution in [-0.2, 0) is 11.8 Å². The summed E-state index contributed by atoms with van der Waals surface area (Å²) in [4.78, 5) is 15.1. The number of aromatic nitrogens is 2. The highest BCUT2D eigenvalue weighted by atomic mass is 32.2. The van der Waals surface area contributed by atoms with Crippen LogP contribution in [0.5, 0.6) is 0 Å². The van der Waals surface area contributed by atoms with Gasteiger partial charge in [-0.3, -0.25) is 14.4 Å². The number of carbonyl (C=O) groups excluding carboxylic acids is 1. The van der Waals surface area contributed by atoms with Gasteiger partial charge < -0.3 is 0 Å². The Hall–Kier alpha value is -1.92. The van der Waals surface area contributed by atoms with Gasteiger partial charge in [0.25, 0.3) is 5.91 Å². The summed E-state index contributed by atoms with van der Waals surface area (Å²) in [5.74, 6) is -0.0420. The summed E-state index contributed by atoms with van der Waals surface area (Å²) in [5.41, 5.74) is 3.04. The SMILES string of the molecule is Cc1c(/C=C2/SC(=S)N([C@H](C)c3ccccc3)C2=O)cnn1C. The molecule has 2 aromatic rings. The predicted octanol–water partition coefficient (Wildman–Crippen LogP) is 3.69. The number of nitrogens with zero attached hydrogens (tertiary/aromatic N) is 3. The molecule has 2 heterocycles. The lowest BCUT2D eigenvalue weighted by Crippen LogP contribution is -2.30. The van der Waals surface area contributed by atoms with Crippen molar-refractivity contribution in [3.05, 3.63) is 58.3 Å². The quantitative estimate of drug-likeness (QED) is 0.629. The summed E-state index contributed by atoms with van der Waals surface area (Å²) >= 11 is 6.78. The van der Waals surface area contributed by atoms with Crippen LogP contribution in [0.4, 0.5) is 0 Å². The minimum Gasteiger partial charge on any atom is -0.286 e. The lowest BCUT2D eigenvalue weighted by molar-refractivity contribution is -0.123. The van der Waals surface area contributed by atoms with Gasteiger partial charge in [-0.05, 0) is 25.5 Å². The Kier molecular flexibility index (Phi) is 4.37. The van der Waals surface area contributed by atoms with Crippen molar-refractivity contribution in [3.8, 4) is 0 Å². The van der Waals surface area contributed by atoms with Crippen molar-refractivity contribution < 1.29 is 4.79 Å². The number of hydrogen-bond donors (Lipinski definition) is 0. The minimum atomic E-state index is -0.0791. The van der Waals surface area contributed by atoms with E-state index < -0.39 is 0 Å². The lowest BCUT2D eigenvalue weighted by Gasteiger charge is -2.23. The first kappa shape index (κ1) is 16.0. The van der Waals surface area contributed by atoms with E-state index in [4.69, 9.17) is 12.2 Å². The van der Waals surface area contributed by atoms with Gasteiger partial charge in [-0.1, -0.05) is 54.3 Å². The zero-order valence-electron chi connectivity index (χ0n) is 13.2. The number of benzene rings is 1. The number of rotatable bonds is 3. The molecule has 1 aliphatic rings. The van der Waals surface area contributed by atoms with Crippen LogP contribution < -0.4 is 0 Å². The maximum atomic E-state index is 12.8. The number of aryl methyl sites for hydroxylation is 1. The molecule has 3 rings (SSSR count). The van der Waals surface area contributed by atoms with Crippen LogP contribution in [0.15, 0.2) is 41.4 Å². The van der Waals surface area contributed by atoms with Crippen LogP contribution >= 0.6 is 24.0 Å². The number of carbonyl (C=O) groups is 1. The van der Waals surface area contributed by atoms with Crippen molar-refractivity contribution in [1.82, 2.24) is 14.7 Å². The predicted molar refractivity (Wildman–Crippen MR) is 97.8 cm³/mol. The number of thiocarbonyl (C=S) groups is 1. The molecule has 0 saturated carbocycles. The van der Waals surface area contributed by atoms with E-state index in [1.54, 1.807) is 15.8 Å². The Morgan fingerprint density at radius 3 is 2.61 bits per heavy atom. The summed E-state index contributed by atoms with van der Waals surface area (Å²) in [7, 11) is 1.88. The van der Waals surface area contributed by atoms with Crippen molar-refractivity contribution in [2.24, 2.45) is 7.05 Å². The van der Waals surface area contributed by atoms with Gasteiger partial charge in [-0.2, -0.15) is 5.10 Å². The first-order chi connectivity index (χ1) is 11.0. The molecule has 1 aromatic carbocycles. The minimum absolute atomic E-state index is 0.0420. The highest BCUT2D eigenvalue weighted by Crippen LogP contribution is 2.38. The fourth-order valence-corrected chi connectivity index (χ4v) is 3.90. The Morgan fingerprint density at radius 1 is 1.30 bits per heavy atom. The van der Waals surface area contributed by atoms with Crippen LogP contribution in [0, 0.1) is 6.92 Å². The Labute approximate surface area is 145 Å². The fourth-order valence-electron chi connectivity index (χ4n) is 2.49. The molecule has 1 aliphatic heterocycles. The van der Waals surface area contributed by atoms with Gasteiger partial charge in [0, 0.05) is 18.3 Å². The maximum Gasteiger partial charge on any atom is 0.266 e. The monoisotopic (exact) mass is 343 g/mol. The molecule has 4 nitrogen and oxygen atoms in total. The van der Waals surface area contributed by atoms with Crippen molar-refractivity contribution in [2.45, 2.75) is 19.9 Å². The molecule has 0 radical (unpaired) electrons. The van der Waals surface area contributed by atoms with Gasteiger partial charge in [0.15, 0.2) is 0 Å². The molecule has 1 saturated heterocycles. The van der Waals surface area contributed by atoms with E-state index in [2.05, 4.69) is 5.10 Å². The van der Waals surface area contributed by atoms with Gasteiger partial charge in [0.05, 0.1) is 17.1 Å². The smallest absolute Gasteiger partial charge is 0.266 e. The second-order valence-corrected chi connectivity index (χ2v) is 7.12. The van der Waals surface area contributed by atoms with Gasteiger partial charge in [-0.25, -0.2) is 0 Å². The molecule has 1 fully saturated rings. The summed E-state index contributed by atoms with van der Waals surface area (Å²) in [6.07, 6.45) is 3.64. The van der Waals surface area contributed by atoms with Gasteiger partial charge in [-0.15, -0.1) is 0 Å². The highest BCUT2D eigenvalue weighted by molar-refractivity contribution is 8.26. The Bertz CT molecular complexity index is 795. The third-order valence-electron chi connectivity index (χ3n) is 4.05. The molecule has 23 heavy (non-hydrogen) atoms. The third-order valence-corrected chi connectivity index (χ3v) is 5.38. The van der Waals surface area contributed by atoms with Crippen molar-refractivity contribution >= 4 is 40.3 Å². The molecule has 1 amide bonds. The zero-order valence-corrected chi connectivity index (χ0v) is 14.8. The summed E-state index contributed by atoms with van der Waals surface area (Å²) < 4.78 is 2.39. The molecule has 0 spiro atoms. The van der Waals surface area contributed by atoms with E-state index in [1.165, 1.54) is 11.8 Å². The van der Waals surface area contributed by atoms with E-state index in [-0.39, 0.29) is 11.9 Å². The maximum absolute atomic E-state index is 12.8. The van der Waals surface area contributed by atoms with Crippen LogP contribution in [0.25, 0.3) is 6.08 Å². The molecule has 118 valence electrons. The van der Waals surface area contributed by atoms with Crippen molar-refractivity contribution in [1.29, 1.82) is 0 Å². The molecule has 0 N–H and O–H groups in total. The zero-order chi connectivity index (χ0) is 16.6. The summed E-state index contributed by atoms with van der Waals surface area (Å²) in [6.45, 7) is 3.98. The van der Waals surface area contributed by atoms with Crippen molar-refractivity contribution in [3.63, 3.8) is 0 Å². The molecular formula is C17H17N3OS2. The number of thioether (sulfide) groups is 1. The largest absolute Gasteiger partial charge is 0.286 e.